The Morgan fingerprint density at radius 2 is 1.59 bits per heavy atom. The van der Waals surface area contributed by atoms with Crippen LogP contribution in [0.1, 0.15) is 5.56 Å². The quantitative estimate of drug-likeness (QED) is 0.389. The van der Waals surface area contributed by atoms with Gasteiger partial charge in [-0.1, -0.05) is 34.7 Å². The fraction of sp³-hybridized carbons (Fsp3) is 0.538. The second-order valence-corrected chi connectivity index (χ2v) is 4.59. The molecule has 0 radical (unpaired) electrons. The molecular formula is C13H19IO3. The minimum Gasteiger partial charge on any atom is -0.497 e. The van der Waals surface area contributed by atoms with Gasteiger partial charge in [-0.05, 0) is 24.1 Å². The van der Waals surface area contributed by atoms with Crippen LogP contribution in [-0.2, 0) is 15.9 Å². The van der Waals surface area contributed by atoms with Gasteiger partial charge in [0.15, 0.2) is 0 Å². The Balaban J connectivity index is 2.05. The molecule has 0 saturated carbocycles. The van der Waals surface area contributed by atoms with Crippen molar-refractivity contribution in [2.75, 3.05) is 38.0 Å². The second-order valence-electron chi connectivity index (χ2n) is 3.51. The van der Waals surface area contributed by atoms with Gasteiger partial charge in [-0.15, -0.1) is 0 Å². The van der Waals surface area contributed by atoms with Crippen LogP contribution in [-0.4, -0.2) is 38.0 Å². The van der Waals surface area contributed by atoms with E-state index in [1.807, 2.05) is 12.1 Å². The molecule has 17 heavy (non-hydrogen) atoms. The standard InChI is InChI=1S/C13H19IO3/c1-15-13-4-2-12(3-5-13)6-8-16-10-11-17-9-7-14/h2-5H,6-11H2,1H3. The van der Waals surface area contributed by atoms with Crippen LogP contribution >= 0.6 is 22.6 Å². The lowest BCUT2D eigenvalue weighted by atomic mass is 10.1. The van der Waals surface area contributed by atoms with E-state index >= 15 is 0 Å². The summed E-state index contributed by atoms with van der Waals surface area (Å²) in [6.07, 6.45) is 0.927. The van der Waals surface area contributed by atoms with Crippen molar-refractivity contribution in [2.45, 2.75) is 6.42 Å². The Hall–Kier alpha value is -0.330. The molecule has 0 bridgehead atoms. The molecule has 0 unspecified atom stereocenters. The number of hydrogen-bond donors (Lipinski definition) is 0. The number of halogens is 1. The van der Waals surface area contributed by atoms with Crippen molar-refractivity contribution in [1.82, 2.24) is 0 Å². The van der Waals surface area contributed by atoms with E-state index in [1.54, 1.807) is 7.11 Å². The second kappa shape index (κ2) is 9.67. The van der Waals surface area contributed by atoms with E-state index in [4.69, 9.17) is 14.2 Å². The van der Waals surface area contributed by atoms with Gasteiger partial charge in [0.25, 0.3) is 0 Å². The molecule has 0 aliphatic rings. The predicted molar refractivity (Wildman–Crippen MR) is 77.2 cm³/mol. The summed E-state index contributed by atoms with van der Waals surface area (Å²) >= 11 is 2.29. The highest BCUT2D eigenvalue weighted by molar-refractivity contribution is 14.1. The zero-order valence-electron chi connectivity index (χ0n) is 10.2. The highest BCUT2D eigenvalue weighted by Crippen LogP contribution is 2.11. The van der Waals surface area contributed by atoms with Crippen molar-refractivity contribution in [2.24, 2.45) is 0 Å². The summed E-state index contributed by atoms with van der Waals surface area (Å²) in [6, 6.07) is 8.07. The molecular weight excluding hydrogens is 331 g/mol. The first-order valence-electron chi connectivity index (χ1n) is 5.71. The van der Waals surface area contributed by atoms with Crippen LogP contribution < -0.4 is 4.74 Å². The number of benzene rings is 1. The van der Waals surface area contributed by atoms with Crippen LogP contribution in [0.15, 0.2) is 24.3 Å². The molecule has 1 aromatic rings. The van der Waals surface area contributed by atoms with Gasteiger partial charge in [0.1, 0.15) is 5.75 Å². The van der Waals surface area contributed by atoms with Crippen LogP contribution in [0.5, 0.6) is 5.75 Å². The third kappa shape index (κ3) is 6.85. The van der Waals surface area contributed by atoms with Crippen molar-refractivity contribution in [3.05, 3.63) is 29.8 Å². The normalized spacial score (nSPS) is 10.5. The van der Waals surface area contributed by atoms with Gasteiger partial charge in [-0.2, -0.15) is 0 Å². The van der Waals surface area contributed by atoms with Gasteiger partial charge in [-0.25, -0.2) is 0 Å². The smallest absolute Gasteiger partial charge is 0.118 e. The molecule has 1 rings (SSSR count). The average molecular weight is 350 g/mol. The van der Waals surface area contributed by atoms with Crippen LogP contribution in [0.25, 0.3) is 0 Å². The summed E-state index contributed by atoms with van der Waals surface area (Å²) < 4.78 is 16.9. The number of methoxy groups -OCH3 is 1. The lowest BCUT2D eigenvalue weighted by Crippen LogP contribution is -2.07. The molecule has 0 saturated heterocycles. The van der Waals surface area contributed by atoms with Crippen LogP contribution in [0, 0.1) is 0 Å². The van der Waals surface area contributed by atoms with Crippen LogP contribution in [0.2, 0.25) is 0 Å². The summed E-state index contributed by atoms with van der Waals surface area (Å²) in [5.74, 6) is 0.891. The fourth-order valence-electron chi connectivity index (χ4n) is 1.36. The topological polar surface area (TPSA) is 27.7 Å². The summed E-state index contributed by atoms with van der Waals surface area (Å²) in [5.41, 5.74) is 1.26. The van der Waals surface area contributed by atoms with E-state index in [9.17, 15) is 0 Å². The highest BCUT2D eigenvalue weighted by atomic mass is 127. The first-order chi connectivity index (χ1) is 8.36. The first-order valence-corrected chi connectivity index (χ1v) is 7.23. The van der Waals surface area contributed by atoms with Crippen molar-refractivity contribution in [3.63, 3.8) is 0 Å². The Morgan fingerprint density at radius 3 is 2.18 bits per heavy atom. The van der Waals surface area contributed by atoms with E-state index in [2.05, 4.69) is 34.7 Å². The Morgan fingerprint density at radius 1 is 0.941 bits per heavy atom. The maximum absolute atomic E-state index is 5.48. The van der Waals surface area contributed by atoms with E-state index in [-0.39, 0.29) is 0 Å². The van der Waals surface area contributed by atoms with Crippen molar-refractivity contribution in [1.29, 1.82) is 0 Å². The Labute approximate surface area is 117 Å². The monoisotopic (exact) mass is 350 g/mol. The van der Waals surface area contributed by atoms with Gasteiger partial charge < -0.3 is 14.2 Å². The number of hydrogen-bond acceptors (Lipinski definition) is 3. The van der Waals surface area contributed by atoms with Crippen molar-refractivity contribution >= 4 is 22.6 Å². The zero-order valence-corrected chi connectivity index (χ0v) is 12.3. The van der Waals surface area contributed by atoms with E-state index in [1.165, 1.54) is 5.56 Å². The van der Waals surface area contributed by atoms with Gasteiger partial charge in [0.2, 0.25) is 0 Å². The van der Waals surface area contributed by atoms with Crippen molar-refractivity contribution in [3.8, 4) is 5.75 Å². The lowest BCUT2D eigenvalue weighted by molar-refractivity contribution is 0.0557. The predicted octanol–water partition coefficient (Wildman–Crippen LogP) is 2.71. The molecule has 0 aromatic heterocycles. The largest absolute Gasteiger partial charge is 0.497 e. The fourth-order valence-corrected chi connectivity index (χ4v) is 1.67. The molecule has 96 valence electrons. The van der Waals surface area contributed by atoms with Gasteiger partial charge in [0, 0.05) is 4.43 Å². The summed E-state index contributed by atoms with van der Waals surface area (Å²) in [6.45, 7) is 2.90. The third-order valence-electron chi connectivity index (χ3n) is 2.29. The maximum atomic E-state index is 5.48. The van der Waals surface area contributed by atoms with E-state index in [0.717, 1.165) is 29.8 Å². The van der Waals surface area contributed by atoms with E-state index in [0.29, 0.717) is 13.2 Å². The molecule has 0 aliphatic heterocycles. The Kier molecular flexibility index (Phi) is 8.38. The third-order valence-corrected chi connectivity index (χ3v) is 2.73. The molecule has 0 fully saturated rings. The molecule has 0 aliphatic carbocycles. The minimum absolute atomic E-state index is 0.673. The lowest BCUT2D eigenvalue weighted by Gasteiger charge is -2.05. The molecule has 0 atom stereocenters. The molecule has 1 aromatic carbocycles. The Bertz CT molecular complexity index is 287. The number of alkyl halides is 1. The van der Waals surface area contributed by atoms with Gasteiger partial charge >= 0.3 is 0 Å². The average Bonchev–Trinajstić information content (AvgIpc) is 2.38. The summed E-state index contributed by atoms with van der Waals surface area (Å²) in [7, 11) is 1.67. The van der Waals surface area contributed by atoms with Crippen LogP contribution in [0.4, 0.5) is 0 Å². The number of ether oxygens (including phenoxy) is 3. The molecule has 0 N–H and O–H groups in total. The molecule has 0 heterocycles. The summed E-state index contributed by atoms with van der Waals surface area (Å²) in [4.78, 5) is 0. The molecule has 3 nitrogen and oxygen atoms in total. The number of rotatable bonds is 9. The summed E-state index contributed by atoms with van der Waals surface area (Å²) in [5, 5.41) is 0. The molecule has 0 spiro atoms. The SMILES string of the molecule is COc1ccc(CCOCCOCCI)cc1. The zero-order chi connectivity index (χ0) is 12.3. The minimum atomic E-state index is 0.673. The van der Waals surface area contributed by atoms with Gasteiger partial charge in [0.05, 0.1) is 33.5 Å². The van der Waals surface area contributed by atoms with Crippen LogP contribution in [0.3, 0.4) is 0 Å². The van der Waals surface area contributed by atoms with Crippen molar-refractivity contribution < 1.29 is 14.2 Å². The first kappa shape index (κ1) is 14.7. The van der Waals surface area contributed by atoms with E-state index < -0.39 is 0 Å². The molecule has 0 amide bonds. The highest BCUT2D eigenvalue weighted by Gasteiger charge is 1.95. The molecule has 4 heteroatoms. The maximum Gasteiger partial charge on any atom is 0.118 e. The van der Waals surface area contributed by atoms with Gasteiger partial charge in [-0.3, -0.25) is 0 Å².